The van der Waals surface area contributed by atoms with Gasteiger partial charge in [0.2, 0.25) is 0 Å². The van der Waals surface area contributed by atoms with Crippen LogP contribution in [0.1, 0.15) is 110 Å². The minimum absolute atomic E-state index is 0.268. The van der Waals surface area contributed by atoms with E-state index in [2.05, 4.69) is 19.1 Å². The van der Waals surface area contributed by atoms with Crippen LogP contribution in [0.15, 0.2) is 12.2 Å². The molecule has 0 heterocycles. The number of unbranched alkanes of at least 4 members (excludes halogenated alkanes) is 12. The van der Waals surface area contributed by atoms with E-state index in [4.69, 9.17) is 0 Å². The fraction of sp³-hybridized carbons (Fsp3) is 0.880. The monoisotopic (exact) mass is 411 g/mol. The average molecular weight is 412 g/mol. The zero-order valence-electron chi connectivity index (χ0n) is 19.9. The summed E-state index contributed by atoms with van der Waals surface area (Å²) in [6.07, 6.45) is 22.4. The minimum Gasteiger partial charge on any atom is -0.550 e. The van der Waals surface area contributed by atoms with Crippen LogP contribution in [0, 0.1) is 0 Å². The number of hydrogen-bond donors (Lipinski definition) is 1. The molecule has 0 spiro atoms. The quantitative estimate of drug-likeness (QED) is 0.174. The number of allylic oxidation sites excluding steroid dienone is 2. The summed E-state index contributed by atoms with van der Waals surface area (Å²) in [5, 5.41) is 21.7. The molecule has 0 saturated carbocycles. The molecule has 172 valence electrons. The molecule has 0 aliphatic rings. The summed E-state index contributed by atoms with van der Waals surface area (Å²) in [5.41, 5.74) is -1.15. The summed E-state index contributed by atoms with van der Waals surface area (Å²) in [6, 6.07) is 0. The largest absolute Gasteiger partial charge is 0.550 e. The molecular formula is C25H49NO3. The van der Waals surface area contributed by atoms with Gasteiger partial charge >= 0.3 is 0 Å². The molecule has 0 aliphatic carbocycles. The maximum absolute atomic E-state index is 11.0. The van der Waals surface area contributed by atoms with Crippen LogP contribution in [0.2, 0.25) is 0 Å². The van der Waals surface area contributed by atoms with Crippen LogP contribution in [0.3, 0.4) is 0 Å². The Morgan fingerprint density at radius 1 is 0.828 bits per heavy atom. The van der Waals surface area contributed by atoms with Gasteiger partial charge in [0.15, 0.2) is 0 Å². The fourth-order valence-electron chi connectivity index (χ4n) is 4.08. The smallest absolute Gasteiger partial charge is 0.119 e. The minimum atomic E-state index is -1.16. The number of carbonyl (C=O) groups excluding carboxylic acids is 1. The second-order valence-electron chi connectivity index (χ2n) is 9.91. The SMILES string of the molecule is CCCCCC/C=C/CCCCCCCCCCC(O)(CC(=O)[O-])C[N+](C)(C)C. The van der Waals surface area contributed by atoms with E-state index < -0.39 is 11.6 Å². The standard InChI is InChI=1S/C25H49NO3/c1-5-6-7-8-9-10-11-12-13-14-15-16-17-18-19-20-21-25(29,22-24(27)28)23-26(2,3)4/h10-11,29H,5-9,12-23H2,1-4H3/b11-10+. The van der Waals surface area contributed by atoms with Gasteiger partial charge in [-0.05, 0) is 32.1 Å². The van der Waals surface area contributed by atoms with Crippen molar-refractivity contribution < 1.29 is 19.5 Å². The Balaban J connectivity index is 3.64. The van der Waals surface area contributed by atoms with Crippen molar-refractivity contribution in [3.63, 3.8) is 0 Å². The number of rotatable bonds is 20. The van der Waals surface area contributed by atoms with Crippen LogP contribution < -0.4 is 5.11 Å². The van der Waals surface area contributed by atoms with Crippen molar-refractivity contribution in [1.82, 2.24) is 0 Å². The number of quaternary nitrogens is 1. The van der Waals surface area contributed by atoms with Gasteiger partial charge in [0.25, 0.3) is 0 Å². The summed E-state index contributed by atoms with van der Waals surface area (Å²) in [7, 11) is 5.93. The van der Waals surface area contributed by atoms with E-state index in [-0.39, 0.29) is 6.42 Å². The number of aliphatic carboxylic acids is 1. The van der Waals surface area contributed by atoms with Gasteiger partial charge < -0.3 is 19.5 Å². The second-order valence-corrected chi connectivity index (χ2v) is 9.91. The Hall–Kier alpha value is -0.870. The maximum atomic E-state index is 11.0. The molecule has 29 heavy (non-hydrogen) atoms. The van der Waals surface area contributed by atoms with Crippen LogP contribution in [-0.2, 0) is 4.79 Å². The maximum Gasteiger partial charge on any atom is 0.119 e. The van der Waals surface area contributed by atoms with Crippen LogP contribution in [-0.4, -0.2) is 48.8 Å². The summed E-state index contributed by atoms with van der Waals surface area (Å²) in [6.45, 7) is 2.69. The Morgan fingerprint density at radius 2 is 1.28 bits per heavy atom. The lowest BCUT2D eigenvalue weighted by Gasteiger charge is -2.36. The number of carboxylic acids is 1. The van der Waals surface area contributed by atoms with Gasteiger partial charge in [0.05, 0.1) is 21.1 Å². The van der Waals surface area contributed by atoms with Crippen molar-refractivity contribution in [1.29, 1.82) is 0 Å². The Kier molecular flexibility index (Phi) is 16.4. The third-order valence-corrected chi connectivity index (χ3v) is 5.40. The number of carboxylic acid groups (broad SMARTS) is 1. The van der Waals surface area contributed by atoms with Gasteiger partial charge in [-0.1, -0.05) is 83.3 Å². The summed E-state index contributed by atoms with van der Waals surface area (Å²) < 4.78 is 0.553. The molecule has 0 saturated heterocycles. The van der Waals surface area contributed by atoms with Gasteiger partial charge in [0.1, 0.15) is 12.1 Å². The zero-order chi connectivity index (χ0) is 22.0. The lowest BCUT2D eigenvalue weighted by molar-refractivity contribution is -0.877. The highest BCUT2D eigenvalue weighted by molar-refractivity contribution is 5.65. The number of nitrogens with zero attached hydrogens (tertiary/aromatic N) is 1. The van der Waals surface area contributed by atoms with Crippen LogP contribution in [0.5, 0.6) is 0 Å². The van der Waals surface area contributed by atoms with Crippen molar-refractivity contribution in [2.24, 2.45) is 0 Å². The molecule has 0 aromatic heterocycles. The first-order valence-electron chi connectivity index (χ1n) is 12.1. The number of carbonyl (C=O) groups is 1. The number of hydrogen-bond acceptors (Lipinski definition) is 3. The molecule has 0 aromatic carbocycles. The predicted molar refractivity (Wildman–Crippen MR) is 122 cm³/mol. The molecule has 0 fully saturated rings. The molecule has 0 aliphatic heterocycles. The van der Waals surface area contributed by atoms with Crippen molar-refractivity contribution >= 4 is 5.97 Å². The normalized spacial score (nSPS) is 14.4. The molecule has 0 rings (SSSR count). The first-order chi connectivity index (χ1) is 13.7. The second kappa shape index (κ2) is 16.9. The lowest BCUT2D eigenvalue weighted by Crippen LogP contribution is -2.51. The van der Waals surface area contributed by atoms with Crippen molar-refractivity contribution in [3.8, 4) is 0 Å². The zero-order valence-corrected chi connectivity index (χ0v) is 19.9. The average Bonchev–Trinajstić information content (AvgIpc) is 2.59. The molecule has 4 nitrogen and oxygen atoms in total. The van der Waals surface area contributed by atoms with Crippen LogP contribution >= 0.6 is 0 Å². The van der Waals surface area contributed by atoms with Crippen LogP contribution in [0.25, 0.3) is 0 Å². The van der Waals surface area contributed by atoms with E-state index in [1.165, 1.54) is 77.0 Å². The third-order valence-electron chi connectivity index (χ3n) is 5.40. The molecule has 0 radical (unpaired) electrons. The van der Waals surface area contributed by atoms with E-state index in [0.717, 1.165) is 12.8 Å². The molecule has 4 heteroatoms. The van der Waals surface area contributed by atoms with E-state index in [0.29, 0.717) is 17.4 Å². The highest BCUT2D eigenvalue weighted by Crippen LogP contribution is 2.22. The topological polar surface area (TPSA) is 60.4 Å². The van der Waals surface area contributed by atoms with Crippen LogP contribution in [0.4, 0.5) is 0 Å². The lowest BCUT2D eigenvalue weighted by atomic mass is 9.91. The van der Waals surface area contributed by atoms with E-state index >= 15 is 0 Å². The highest BCUT2D eigenvalue weighted by atomic mass is 16.4. The number of aliphatic hydroxyl groups is 1. The molecule has 1 unspecified atom stereocenters. The molecule has 1 atom stereocenters. The van der Waals surface area contributed by atoms with Gasteiger partial charge in [-0.15, -0.1) is 0 Å². The molecular weight excluding hydrogens is 362 g/mol. The summed E-state index contributed by atoms with van der Waals surface area (Å²) in [5.74, 6) is -1.16. The van der Waals surface area contributed by atoms with Gasteiger partial charge in [-0.25, -0.2) is 0 Å². The Morgan fingerprint density at radius 3 is 1.72 bits per heavy atom. The Bertz CT molecular complexity index is 428. The molecule has 0 aromatic rings. The number of likely N-dealkylation sites (N-methyl/N-ethyl adjacent to an activating group) is 1. The van der Waals surface area contributed by atoms with Gasteiger partial charge in [-0.3, -0.25) is 0 Å². The first-order valence-corrected chi connectivity index (χ1v) is 12.1. The summed E-state index contributed by atoms with van der Waals surface area (Å²) >= 11 is 0. The van der Waals surface area contributed by atoms with E-state index in [9.17, 15) is 15.0 Å². The van der Waals surface area contributed by atoms with E-state index in [1.807, 2.05) is 21.1 Å². The third kappa shape index (κ3) is 20.2. The summed E-state index contributed by atoms with van der Waals surface area (Å²) in [4.78, 5) is 11.0. The van der Waals surface area contributed by atoms with Gasteiger partial charge in [-0.2, -0.15) is 0 Å². The van der Waals surface area contributed by atoms with Crippen molar-refractivity contribution in [2.75, 3.05) is 27.7 Å². The molecule has 1 N–H and O–H groups in total. The molecule has 0 bridgehead atoms. The van der Waals surface area contributed by atoms with E-state index in [1.54, 1.807) is 0 Å². The van der Waals surface area contributed by atoms with Crippen molar-refractivity contribution in [3.05, 3.63) is 12.2 Å². The predicted octanol–water partition coefficient (Wildman–Crippen LogP) is 4.99. The Labute approximate surface area is 181 Å². The van der Waals surface area contributed by atoms with Gasteiger partial charge in [0, 0.05) is 12.4 Å². The van der Waals surface area contributed by atoms with Crippen molar-refractivity contribution in [2.45, 2.75) is 115 Å². The molecule has 0 amide bonds. The first kappa shape index (κ1) is 28.1. The fourth-order valence-corrected chi connectivity index (χ4v) is 4.08. The highest BCUT2D eigenvalue weighted by Gasteiger charge is 2.33.